The zero-order valence-corrected chi connectivity index (χ0v) is 20.8. The topological polar surface area (TPSA) is 98.1 Å². The molecule has 1 saturated heterocycles. The van der Waals surface area contributed by atoms with Crippen molar-refractivity contribution >= 4 is 45.3 Å². The van der Waals surface area contributed by atoms with Gasteiger partial charge in [-0.25, -0.2) is 19.9 Å². The fourth-order valence-corrected chi connectivity index (χ4v) is 4.51. The molecule has 1 aliphatic rings. The van der Waals surface area contributed by atoms with Crippen LogP contribution in [0.15, 0.2) is 73.3 Å². The van der Waals surface area contributed by atoms with E-state index in [-0.39, 0.29) is 11.8 Å². The van der Waals surface area contributed by atoms with E-state index in [0.717, 1.165) is 33.8 Å². The van der Waals surface area contributed by atoms with Gasteiger partial charge in [-0.2, -0.15) is 0 Å². The summed E-state index contributed by atoms with van der Waals surface area (Å²) >= 11 is 0. The van der Waals surface area contributed by atoms with E-state index in [1.165, 1.54) is 6.33 Å². The van der Waals surface area contributed by atoms with Gasteiger partial charge in [-0.1, -0.05) is 13.5 Å². The number of rotatable bonds is 5. The van der Waals surface area contributed by atoms with Crippen LogP contribution in [0, 0.1) is 12.8 Å². The number of pyridine rings is 1. The van der Waals surface area contributed by atoms with Crippen LogP contribution in [0.5, 0.6) is 11.5 Å². The van der Waals surface area contributed by atoms with E-state index in [1.54, 1.807) is 17.3 Å². The predicted molar refractivity (Wildman–Crippen MR) is 143 cm³/mol. The fourth-order valence-electron chi connectivity index (χ4n) is 4.51. The van der Waals surface area contributed by atoms with Gasteiger partial charge in [0.1, 0.15) is 29.2 Å². The molecule has 2 aromatic carbocycles. The van der Waals surface area contributed by atoms with Crippen LogP contribution >= 0.6 is 0 Å². The highest BCUT2D eigenvalue weighted by atomic mass is 16.5. The number of aryl methyl sites for hydroxylation is 2. The molecule has 0 aliphatic carbocycles. The van der Waals surface area contributed by atoms with E-state index in [9.17, 15) is 4.79 Å². The molecule has 3 aromatic heterocycles. The Hall–Kier alpha value is -4.79. The van der Waals surface area contributed by atoms with E-state index < -0.39 is 0 Å². The first-order valence-electron chi connectivity index (χ1n) is 12.0. The molecule has 184 valence electrons. The van der Waals surface area contributed by atoms with E-state index in [4.69, 9.17) is 9.72 Å². The monoisotopic (exact) mass is 491 g/mol. The van der Waals surface area contributed by atoms with Crippen molar-refractivity contribution in [1.29, 1.82) is 0 Å². The number of imidazole rings is 1. The van der Waals surface area contributed by atoms with Crippen LogP contribution in [0.3, 0.4) is 0 Å². The van der Waals surface area contributed by atoms with Gasteiger partial charge in [0.25, 0.3) is 5.91 Å². The van der Waals surface area contributed by atoms with Gasteiger partial charge in [-0.3, -0.25) is 9.69 Å². The van der Waals surface area contributed by atoms with Crippen LogP contribution in [0.4, 0.5) is 17.3 Å². The molecular formula is C28H25N7O2. The Balaban J connectivity index is 1.26. The second kappa shape index (κ2) is 8.70. The van der Waals surface area contributed by atoms with Crippen molar-refractivity contribution in [2.45, 2.75) is 13.8 Å². The van der Waals surface area contributed by atoms with Crippen molar-refractivity contribution in [3.8, 4) is 11.5 Å². The van der Waals surface area contributed by atoms with Gasteiger partial charge in [0, 0.05) is 36.8 Å². The van der Waals surface area contributed by atoms with Crippen LogP contribution in [-0.4, -0.2) is 37.0 Å². The molecule has 0 unspecified atom stereocenters. The molecule has 1 atom stereocenters. The Kier molecular flexibility index (Phi) is 5.33. The second-order valence-electron chi connectivity index (χ2n) is 9.31. The van der Waals surface area contributed by atoms with Crippen molar-refractivity contribution in [2.24, 2.45) is 13.0 Å². The van der Waals surface area contributed by atoms with Crippen LogP contribution in [0.25, 0.3) is 22.1 Å². The van der Waals surface area contributed by atoms with Gasteiger partial charge in [-0.15, -0.1) is 0 Å². The normalized spacial score (nSPS) is 15.6. The number of nitrogens with one attached hydrogen (secondary N) is 1. The maximum absolute atomic E-state index is 12.6. The van der Waals surface area contributed by atoms with E-state index in [0.29, 0.717) is 34.8 Å². The number of ether oxygens (including phenoxy) is 1. The smallest absolute Gasteiger partial charge is 0.255 e. The number of carbonyl (C=O) groups excluding carboxylic acids is 1. The number of amides is 1. The molecule has 9 heteroatoms. The summed E-state index contributed by atoms with van der Waals surface area (Å²) in [6.07, 6.45) is 3.28. The quantitative estimate of drug-likeness (QED) is 0.333. The first kappa shape index (κ1) is 22.7. The minimum atomic E-state index is -0.0980. The molecule has 0 radical (unpaired) electrons. The lowest BCUT2D eigenvalue weighted by Gasteiger charge is -2.16. The lowest BCUT2D eigenvalue weighted by molar-refractivity contribution is -0.114. The number of aromatic nitrogens is 5. The van der Waals surface area contributed by atoms with Crippen molar-refractivity contribution in [3.63, 3.8) is 0 Å². The van der Waals surface area contributed by atoms with Crippen LogP contribution in [0.2, 0.25) is 0 Å². The zero-order chi connectivity index (χ0) is 25.7. The minimum Gasteiger partial charge on any atom is -0.457 e. The molecule has 1 fully saturated rings. The van der Waals surface area contributed by atoms with Crippen LogP contribution in [0.1, 0.15) is 12.5 Å². The zero-order valence-electron chi connectivity index (χ0n) is 20.8. The van der Waals surface area contributed by atoms with Gasteiger partial charge >= 0.3 is 0 Å². The van der Waals surface area contributed by atoms with Crippen molar-refractivity contribution in [2.75, 3.05) is 16.8 Å². The molecule has 9 nitrogen and oxygen atoms in total. The highest BCUT2D eigenvalue weighted by molar-refractivity contribution is 6.08. The summed E-state index contributed by atoms with van der Waals surface area (Å²) in [6, 6.07) is 15.3. The predicted octanol–water partition coefficient (Wildman–Crippen LogP) is 5.29. The highest BCUT2D eigenvalue weighted by Crippen LogP contribution is 2.32. The lowest BCUT2D eigenvalue weighted by Crippen LogP contribution is -2.25. The molecule has 0 spiro atoms. The summed E-state index contributed by atoms with van der Waals surface area (Å²) in [5, 5.41) is 3.35. The number of anilines is 3. The number of benzene rings is 2. The number of nitrogens with zero attached hydrogens (tertiary/aromatic N) is 6. The summed E-state index contributed by atoms with van der Waals surface area (Å²) in [6.45, 7) is 8.45. The molecule has 5 aromatic rings. The Bertz CT molecular complexity index is 1710. The van der Waals surface area contributed by atoms with Crippen molar-refractivity contribution < 1.29 is 9.53 Å². The first-order chi connectivity index (χ1) is 17.9. The molecule has 37 heavy (non-hydrogen) atoms. The van der Waals surface area contributed by atoms with Crippen molar-refractivity contribution in [1.82, 2.24) is 24.5 Å². The number of carbonyl (C=O) groups is 1. The molecule has 0 saturated carbocycles. The van der Waals surface area contributed by atoms with Gasteiger partial charge in [0.2, 0.25) is 0 Å². The number of hydrogen-bond acceptors (Lipinski definition) is 7. The van der Waals surface area contributed by atoms with E-state index >= 15 is 0 Å². The lowest BCUT2D eigenvalue weighted by atomic mass is 10.1. The molecule has 1 amide bonds. The van der Waals surface area contributed by atoms with Crippen LogP contribution in [-0.2, 0) is 11.8 Å². The van der Waals surface area contributed by atoms with Crippen molar-refractivity contribution in [3.05, 3.63) is 78.9 Å². The Morgan fingerprint density at radius 3 is 2.70 bits per heavy atom. The van der Waals surface area contributed by atoms with Gasteiger partial charge in [-0.05, 0) is 55.0 Å². The Morgan fingerprint density at radius 1 is 1.05 bits per heavy atom. The summed E-state index contributed by atoms with van der Waals surface area (Å²) < 4.78 is 8.11. The van der Waals surface area contributed by atoms with Gasteiger partial charge in [0.05, 0.1) is 22.9 Å². The Labute approximate surface area is 213 Å². The SMILES string of the molecule is C=C1C(=O)N(c2ccc3ncnc(Nc4ccc(Oc5ccc6c(c5)ncn6C)c(C)c4)c3n2)C[C@H]1C. The fraction of sp³-hybridized carbons (Fsp3) is 0.179. The Morgan fingerprint density at radius 2 is 1.92 bits per heavy atom. The van der Waals surface area contributed by atoms with Gasteiger partial charge < -0.3 is 14.6 Å². The summed E-state index contributed by atoms with van der Waals surface area (Å²) in [4.78, 5) is 32.2. The molecule has 0 bridgehead atoms. The second-order valence-corrected chi connectivity index (χ2v) is 9.31. The van der Waals surface area contributed by atoms with Crippen LogP contribution < -0.4 is 15.0 Å². The van der Waals surface area contributed by atoms with Gasteiger partial charge in [0.15, 0.2) is 5.82 Å². The average Bonchev–Trinajstić information content (AvgIpc) is 3.39. The first-order valence-corrected chi connectivity index (χ1v) is 12.0. The molecule has 4 heterocycles. The molecule has 6 rings (SSSR count). The van der Waals surface area contributed by atoms with E-state index in [2.05, 4.69) is 26.8 Å². The van der Waals surface area contributed by atoms with E-state index in [1.807, 2.05) is 67.9 Å². The third-order valence-electron chi connectivity index (χ3n) is 6.68. The average molecular weight is 492 g/mol. The standard InChI is InChI=1S/C28H25N7O2/c1-16-11-19(5-9-24(16)37-20-6-8-23-22(12-20)31-15-34(23)4)32-27-26-21(29-14-30-27)7-10-25(33-26)35-13-17(2)18(3)28(35)36/h5-12,14-15,17H,3,13H2,1-2,4H3,(H,29,30,32)/t17-/m1/s1. The summed E-state index contributed by atoms with van der Waals surface area (Å²) in [5.41, 5.74) is 5.58. The maximum atomic E-state index is 12.6. The third-order valence-corrected chi connectivity index (χ3v) is 6.68. The number of fused-ring (bicyclic) bond motifs is 2. The molecular weight excluding hydrogens is 466 g/mol. The maximum Gasteiger partial charge on any atom is 0.255 e. The summed E-state index contributed by atoms with van der Waals surface area (Å²) in [7, 11) is 1.96. The highest BCUT2D eigenvalue weighted by Gasteiger charge is 2.32. The minimum absolute atomic E-state index is 0.0872. The molecule has 1 aliphatic heterocycles. The largest absolute Gasteiger partial charge is 0.457 e. The summed E-state index contributed by atoms with van der Waals surface area (Å²) in [5.74, 6) is 2.57. The number of hydrogen-bond donors (Lipinski definition) is 1. The molecule has 1 N–H and O–H groups in total. The third kappa shape index (κ3) is 4.04.